The van der Waals surface area contributed by atoms with Crippen molar-refractivity contribution in [3.05, 3.63) is 70.8 Å². The van der Waals surface area contributed by atoms with Gasteiger partial charge in [-0.1, -0.05) is 18.2 Å². The van der Waals surface area contributed by atoms with E-state index >= 15 is 0 Å². The minimum absolute atomic E-state index is 0.266. The zero-order valence-corrected chi connectivity index (χ0v) is 13.0. The second-order valence-electron chi connectivity index (χ2n) is 5.28. The van der Waals surface area contributed by atoms with Crippen molar-refractivity contribution in [2.75, 3.05) is 0 Å². The molecule has 0 aliphatic rings. The average molecular weight is 333 g/mol. The quantitative estimate of drug-likeness (QED) is 0.786. The van der Waals surface area contributed by atoms with E-state index in [0.29, 0.717) is 11.1 Å². The summed E-state index contributed by atoms with van der Waals surface area (Å²) in [5, 5.41) is 5.16. The molecule has 0 heterocycles. The van der Waals surface area contributed by atoms with Crippen LogP contribution in [-0.4, -0.2) is 11.9 Å². The third-order valence-corrected chi connectivity index (χ3v) is 3.47. The fraction of sp³-hybridized carbons (Fsp3) is 0.176. The van der Waals surface area contributed by atoms with Crippen LogP contribution in [0.2, 0.25) is 0 Å². The lowest BCUT2D eigenvalue weighted by Crippen LogP contribution is -2.29. The van der Waals surface area contributed by atoms with Crippen LogP contribution in [0, 0.1) is 11.6 Å². The van der Waals surface area contributed by atoms with Crippen LogP contribution in [-0.2, 0) is 6.54 Å². The maximum absolute atomic E-state index is 13.2. The molecule has 0 fully saturated rings. The number of hydrogen-bond donors (Lipinski definition) is 3. The molecule has 0 saturated heterocycles. The second-order valence-corrected chi connectivity index (χ2v) is 5.28. The van der Waals surface area contributed by atoms with Gasteiger partial charge in [0.1, 0.15) is 0 Å². The summed E-state index contributed by atoms with van der Waals surface area (Å²) in [6, 6.07) is 8.96. The lowest BCUT2D eigenvalue weighted by atomic mass is 10.1. The smallest absolute Gasteiger partial charge is 0.312 e. The third kappa shape index (κ3) is 4.52. The van der Waals surface area contributed by atoms with Crippen LogP contribution in [0.5, 0.6) is 0 Å². The molecule has 126 valence electrons. The molecule has 4 N–H and O–H groups in total. The number of nitrogens with two attached hydrogens (primary N) is 1. The fourth-order valence-electron chi connectivity index (χ4n) is 2.11. The molecule has 7 heteroatoms. The number of carbonyl (C=O) groups is 2. The van der Waals surface area contributed by atoms with Crippen molar-refractivity contribution in [2.24, 2.45) is 5.73 Å². The van der Waals surface area contributed by atoms with Crippen LogP contribution in [0.1, 0.15) is 34.5 Å². The molecule has 1 atom stereocenters. The SMILES string of the molecule is C[C@@H](NC(=O)c1ccc(CNC(N)=O)cc1)c1ccc(F)c(F)c1. The Labute approximate surface area is 137 Å². The normalized spacial score (nSPS) is 11.6. The first kappa shape index (κ1) is 17.4. The summed E-state index contributed by atoms with van der Waals surface area (Å²) in [4.78, 5) is 22.8. The minimum atomic E-state index is -0.958. The maximum Gasteiger partial charge on any atom is 0.312 e. The van der Waals surface area contributed by atoms with Gasteiger partial charge < -0.3 is 16.4 Å². The van der Waals surface area contributed by atoms with Crippen LogP contribution in [0.3, 0.4) is 0 Å². The Morgan fingerprint density at radius 3 is 2.33 bits per heavy atom. The van der Waals surface area contributed by atoms with Gasteiger partial charge in [-0.05, 0) is 42.3 Å². The van der Waals surface area contributed by atoms with Crippen LogP contribution >= 0.6 is 0 Å². The van der Waals surface area contributed by atoms with E-state index in [1.807, 2.05) is 0 Å². The molecule has 0 aromatic heterocycles. The number of nitrogens with one attached hydrogen (secondary N) is 2. The molecule has 0 bridgehead atoms. The lowest BCUT2D eigenvalue weighted by molar-refractivity contribution is 0.0939. The predicted octanol–water partition coefficient (Wildman–Crippen LogP) is 2.62. The van der Waals surface area contributed by atoms with Crippen molar-refractivity contribution in [2.45, 2.75) is 19.5 Å². The first-order valence-electron chi connectivity index (χ1n) is 7.25. The minimum Gasteiger partial charge on any atom is -0.352 e. The Morgan fingerprint density at radius 2 is 1.75 bits per heavy atom. The highest BCUT2D eigenvalue weighted by Gasteiger charge is 2.13. The number of halogens is 2. The molecule has 3 amide bonds. The Bertz CT molecular complexity index is 748. The van der Waals surface area contributed by atoms with E-state index in [9.17, 15) is 18.4 Å². The Morgan fingerprint density at radius 1 is 1.08 bits per heavy atom. The van der Waals surface area contributed by atoms with Gasteiger partial charge in [0.25, 0.3) is 5.91 Å². The van der Waals surface area contributed by atoms with Gasteiger partial charge in [0, 0.05) is 12.1 Å². The van der Waals surface area contributed by atoms with Crippen molar-refractivity contribution in [1.29, 1.82) is 0 Å². The fourth-order valence-corrected chi connectivity index (χ4v) is 2.11. The van der Waals surface area contributed by atoms with E-state index in [4.69, 9.17) is 5.73 Å². The first-order chi connectivity index (χ1) is 11.4. The van der Waals surface area contributed by atoms with Gasteiger partial charge in [0.05, 0.1) is 6.04 Å². The van der Waals surface area contributed by atoms with Crippen molar-refractivity contribution in [3.63, 3.8) is 0 Å². The lowest BCUT2D eigenvalue weighted by Gasteiger charge is -2.15. The molecule has 0 aliphatic heterocycles. The van der Waals surface area contributed by atoms with Crippen molar-refractivity contribution >= 4 is 11.9 Å². The van der Waals surface area contributed by atoms with E-state index in [1.54, 1.807) is 31.2 Å². The molecule has 2 aromatic carbocycles. The molecule has 24 heavy (non-hydrogen) atoms. The number of hydrogen-bond acceptors (Lipinski definition) is 2. The molecular formula is C17H17F2N3O2. The van der Waals surface area contributed by atoms with Crippen molar-refractivity contribution in [1.82, 2.24) is 10.6 Å². The van der Waals surface area contributed by atoms with Gasteiger partial charge in [-0.25, -0.2) is 13.6 Å². The van der Waals surface area contributed by atoms with Gasteiger partial charge in [-0.3, -0.25) is 4.79 Å². The summed E-state index contributed by atoms with van der Waals surface area (Å²) < 4.78 is 26.2. The standard InChI is InChI=1S/C17H17F2N3O2/c1-10(13-6-7-14(18)15(19)8-13)22-16(23)12-4-2-11(3-5-12)9-21-17(20)24/h2-8,10H,9H2,1H3,(H,22,23)(H3,20,21,24)/t10-/m1/s1. The summed E-state index contributed by atoms with van der Waals surface area (Å²) in [7, 11) is 0. The van der Waals surface area contributed by atoms with E-state index in [1.165, 1.54) is 6.07 Å². The van der Waals surface area contributed by atoms with E-state index < -0.39 is 23.7 Å². The van der Waals surface area contributed by atoms with Crippen LogP contribution in [0.4, 0.5) is 13.6 Å². The zero-order valence-electron chi connectivity index (χ0n) is 13.0. The summed E-state index contributed by atoms with van der Waals surface area (Å²) in [6.07, 6.45) is 0. The van der Waals surface area contributed by atoms with Crippen LogP contribution < -0.4 is 16.4 Å². The van der Waals surface area contributed by atoms with Gasteiger partial charge in [-0.2, -0.15) is 0 Å². The number of urea groups is 1. The van der Waals surface area contributed by atoms with E-state index in [2.05, 4.69) is 10.6 Å². The summed E-state index contributed by atoms with van der Waals surface area (Å²) in [6.45, 7) is 1.94. The van der Waals surface area contributed by atoms with Gasteiger partial charge in [-0.15, -0.1) is 0 Å². The highest BCUT2D eigenvalue weighted by atomic mass is 19.2. The monoisotopic (exact) mass is 333 g/mol. The van der Waals surface area contributed by atoms with Gasteiger partial charge >= 0.3 is 6.03 Å². The number of benzene rings is 2. The molecule has 0 spiro atoms. The predicted molar refractivity (Wildman–Crippen MR) is 85.1 cm³/mol. The zero-order chi connectivity index (χ0) is 17.7. The number of amides is 3. The highest BCUT2D eigenvalue weighted by Crippen LogP contribution is 2.16. The van der Waals surface area contributed by atoms with E-state index in [0.717, 1.165) is 17.7 Å². The number of rotatable bonds is 5. The van der Waals surface area contributed by atoms with Crippen LogP contribution in [0.15, 0.2) is 42.5 Å². The summed E-state index contributed by atoms with van der Waals surface area (Å²) in [5.74, 6) is -2.24. The average Bonchev–Trinajstić information content (AvgIpc) is 2.55. The van der Waals surface area contributed by atoms with Gasteiger partial charge in [0.2, 0.25) is 0 Å². The molecule has 0 unspecified atom stereocenters. The highest BCUT2D eigenvalue weighted by molar-refractivity contribution is 5.94. The van der Waals surface area contributed by atoms with Crippen molar-refractivity contribution in [3.8, 4) is 0 Å². The van der Waals surface area contributed by atoms with Crippen molar-refractivity contribution < 1.29 is 18.4 Å². The van der Waals surface area contributed by atoms with E-state index in [-0.39, 0.29) is 12.5 Å². The van der Waals surface area contributed by atoms with Crippen LogP contribution in [0.25, 0.3) is 0 Å². The molecule has 2 rings (SSSR count). The topological polar surface area (TPSA) is 84.2 Å². The number of primary amides is 1. The molecule has 0 aliphatic carbocycles. The molecule has 0 saturated carbocycles. The summed E-state index contributed by atoms with van der Waals surface area (Å²) in [5.41, 5.74) is 6.65. The third-order valence-electron chi connectivity index (χ3n) is 3.47. The summed E-state index contributed by atoms with van der Waals surface area (Å²) >= 11 is 0. The maximum atomic E-state index is 13.2. The molecule has 5 nitrogen and oxygen atoms in total. The Hall–Kier alpha value is -2.96. The van der Waals surface area contributed by atoms with Gasteiger partial charge in [0.15, 0.2) is 11.6 Å². The largest absolute Gasteiger partial charge is 0.352 e. The first-order valence-corrected chi connectivity index (χ1v) is 7.25. The molecule has 2 aromatic rings. The second kappa shape index (κ2) is 7.54. The Balaban J connectivity index is 2.00. The molecule has 0 radical (unpaired) electrons. The molecular weight excluding hydrogens is 316 g/mol. The Kier molecular flexibility index (Phi) is 5.47. The number of carbonyl (C=O) groups excluding carboxylic acids is 2.